The number of hydrogen-bond acceptors (Lipinski definition) is 3. The number of anilines is 1. The van der Waals surface area contributed by atoms with Gasteiger partial charge >= 0.3 is 0 Å². The van der Waals surface area contributed by atoms with Crippen molar-refractivity contribution in [2.24, 2.45) is 0 Å². The van der Waals surface area contributed by atoms with E-state index in [0.717, 1.165) is 29.9 Å². The van der Waals surface area contributed by atoms with Gasteiger partial charge in [0.05, 0.1) is 16.9 Å². The van der Waals surface area contributed by atoms with Gasteiger partial charge in [0.1, 0.15) is 0 Å². The van der Waals surface area contributed by atoms with Crippen LogP contribution in [0.3, 0.4) is 0 Å². The first kappa shape index (κ1) is 13.3. The van der Waals surface area contributed by atoms with Crippen LogP contribution in [0.1, 0.15) is 12.5 Å². The molecule has 0 amide bonds. The fourth-order valence-corrected chi connectivity index (χ4v) is 3.25. The molecule has 0 unspecified atom stereocenters. The number of nitrogens with one attached hydrogen (secondary N) is 1. The number of halogens is 1. The molecule has 1 N–H and O–H groups in total. The van der Waals surface area contributed by atoms with Crippen molar-refractivity contribution in [3.05, 3.63) is 53.4 Å². The standard InChI is InChI=1S/C17H15ClN4/c1-2-22-10-12-8-20-21-17(12)14-4-3-11(7-16(14)22)13-5-6-19-9-15(13)18/h3-9H,2,10H2,1H3,(H,20,21). The first-order valence-corrected chi connectivity index (χ1v) is 7.67. The lowest BCUT2D eigenvalue weighted by atomic mass is 9.96. The van der Waals surface area contributed by atoms with Crippen LogP contribution in [0.2, 0.25) is 5.02 Å². The van der Waals surface area contributed by atoms with Crippen LogP contribution in [-0.2, 0) is 6.54 Å². The highest BCUT2D eigenvalue weighted by molar-refractivity contribution is 6.33. The second kappa shape index (κ2) is 5.14. The van der Waals surface area contributed by atoms with Crippen molar-refractivity contribution in [2.45, 2.75) is 13.5 Å². The molecule has 1 aromatic carbocycles. The molecular formula is C17H15ClN4. The number of hydrogen-bond donors (Lipinski definition) is 1. The van der Waals surface area contributed by atoms with E-state index in [4.69, 9.17) is 11.6 Å². The maximum Gasteiger partial charge on any atom is 0.0720 e. The Balaban J connectivity index is 1.89. The van der Waals surface area contributed by atoms with Crippen molar-refractivity contribution in [3.63, 3.8) is 0 Å². The van der Waals surface area contributed by atoms with Gasteiger partial charge in [-0.2, -0.15) is 5.10 Å². The normalized spacial score (nSPS) is 12.9. The number of benzene rings is 1. The lowest BCUT2D eigenvalue weighted by Crippen LogP contribution is -2.25. The van der Waals surface area contributed by atoms with Crippen LogP contribution < -0.4 is 4.90 Å². The molecule has 0 atom stereocenters. The van der Waals surface area contributed by atoms with Gasteiger partial charge in [-0.05, 0) is 24.6 Å². The van der Waals surface area contributed by atoms with Gasteiger partial charge in [0.15, 0.2) is 0 Å². The molecule has 0 bridgehead atoms. The highest BCUT2D eigenvalue weighted by Gasteiger charge is 2.23. The van der Waals surface area contributed by atoms with Gasteiger partial charge in [0.25, 0.3) is 0 Å². The molecule has 0 radical (unpaired) electrons. The van der Waals surface area contributed by atoms with Crippen LogP contribution in [-0.4, -0.2) is 21.7 Å². The average molecular weight is 311 g/mol. The molecule has 1 aliphatic heterocycles. The Morgan fingerprint density at radius 1 is 1.23 bits per heavy atom. The highest BCUT2D eigenvalue weighted by Crippen LogP contribution is 2.40. The van der Waals surface area contributed by atoms with Crippen molar-refractivity contribution in [1.29, 1.82) is 0 Å². The summed E-state index contributed by atoms with van der Waals surface area (Å²) in [5.74, 6) is 0. The topological polar surface area (TPSA) is 44.8 Å². The molecule has 4 rings (SSSR count). The molecule has 22 heavy (non-hydrogen) atoms. The Morgan fingerprint density at radius 3 is 2.95 bits per heavy atom. The summed E-state index contributed by atoms with van der Waals surface area (Å²) in [7, 11) is 0. The van der Waals surface area contributed by atoms with Gasteiger partial charge in [0, 0.05) is 47.9 Å². The minimum atomic E-state index is 0.670. The fourth-order valence-electron chi connectivity index (χ4n) is 3.02. The minimum absolute atomic E-state index is 0.670. The van der Waals surface area contributed by atoms with E-state index < -0.39 is 0 Å². The van der Waals surface area contributed by atoms with Gasteiger partial charge in [-0.1, -0.05) is 23.7 Å². The van der Waals surface area contributed by atoms with Crippen molar-refractivity contribution < 1.29 is 0 Å². The molecule has 0 spiro atoms. The summed E-state index contributed by atoms with van der Waals surface area (Å²) in [5.41, 5.74) is 6.87. The summed E-state index contributed by atoms with van der Waals surface area (Å²) in [5, 5.41) is 7.97. The lowest BCUT2D eigenvalue weighted by Gasteiger charge is -2.30. The Bertz CT molecular complexity index is 840. The first-order chi connectivity index (χ1) is 10.8. The van der Waals surface area contributed by atoms with Crippen molar-refractivity contribution in [1.82, 2.24) is 15.2 Å². The summed E-state index contributed by atoms with van der Waals surface area (Å²) in [6, 6.07) is 8.39. The molecule has 0 saturated heterocycles. The number of pyridine rings is 1. The Labute approximate surface area is 133 Å². The van der Waals surface area contributed by atoms with E-state index in [1.807, 2.05) is 12.3 Å². The summed E-state index contributed by atoms with van der Waals surface area (Å²) in [6.07, 6.45) is 5.36. The van der Waals surface area contributed by atoms with E-state index in [0.29, 0.717) is 5.02 Å². The summed E-state index contributed by atoms with van der Waals surface area (Å²) in [4.78, 5) is 6.41. The molecule has 2 aromatic heterocycles. The SMILES string of the molecule is CCN1Cc2cn[nH]c2-c2ccc(-c3ccncc3Cl)cc21. The Morgan fingerprint density at radius 2 is 2.14 bits per heavy atom. The molecule has 4 nitrogen and oxygen atoms in total. The first-order valence-electron chi connectivity index (χ1n) is 7.29. The lowest BCUT2D eigenvalue weighted by molar-refractivity contribution is 0.824. The molecule has 0 saturated carbocycles. The smallest absolute Gasteiger partial charge is 0.0720 e. The van der Waals surface area contributed by atoms with Crippen LogP contribution >= 0.6 is 11.6 Å². The minimum Gasteiger partial charge on any atom is -0.367 e. The van der Waals surface area contributed by atoms with Crippen LogP contribution in [0.25, 0.3) is 22.4 Å². The third-order valence-electron chi connectivity index (χ3n) is 4.15. The van der Waals surface area contributed by atoms with E-state index in [1.165, 1.54) is 16.8 Å². The van der Waals surface area contributed by atoms with E-state index in [-0.39, 0.29) is 0 Å². The van der Waals surface area contributed by atoms with Gasteiger partial charge in [-0.15, -0.1) is 0 Å². The quantitative estimate of drug-likeness (QED) is 0.774. The fraction of sp³-hybridized carbons (Fsp3) is 0.176. The zero-order valence-electron chi connectivity index (χ0n) is 12.2. The van der Waals surface area contributed by atoms with Crippen molar-refractivity contribution >= 4 is 17.3 Å². The van der Waals surface area contributed by atoms with Crippen LogP contribution in [0.4, 0.5) is 5.69 Å². The number of H-pyrrole nitrogens is 1. The maximum atomic E-state index is 6.28. The molecule has 3 aromatic rings. The molecule has 110 valence electrons. The number of fused-ring (bicyclic) bond motifs is 3. The van der Waals surface area contributed by atoms with E-state index in [1.54, 1.807) is 12.4 Å². The Hall–Kier alpha value is -2.33. The molecule has 3 heterocycles. The number of aromatic nitrogens is 3. The van der Waals surface area contributed by atoms with Crippen molar-refractivity contribution in [2.75, 3.05) is 11.4 Å². The third kappa shape index (κ3) is 1.99. The monoisotopic (exact) mass is 310 g/mol. The Kier molecular flexibility index (Phi) is 3.12. The van der Waals surface area contributed by atoms with E-state index in [9.17, 15) is 0 Å². The van der Waals surface area contributed by atoms with Crippen LogP contribution in [0.15, 0.2) is 42.9 Å². The van der Waals surface area contributed by atoms with Gasteiger partial charge in [-0.25, -0.2) is 0 Å². The molecule has 0 fully saturated rings. The average Bonchev–Trinajstić information content (AvgIpc) is 3.02. The van der Waals surface area contributed by atoms with Gasteiger partial charge < -0.3 is 4.90 Å². The predicted molar refractivity (Wildman–Crippen MR) is 89.0 cm³/mol. The van der Waals surface area contributed by atoms with E-state index in [2.05, 4.69) is 45.2 Å². The summed E-state index contributed by atoms with van der Waals surface area (Å²) < 4.78 is 0. The number of aromatic amines is 1. The van der Waals surface area contributed by atoms with Gasteiger partial charge in [0.2, 0.25) is 0 Å². The molecule has 1 aliphatic rings. The molecule has 0 aliphatic carbocycles. The van der Waals surface area contributed by atoms with Gasteiger partial charge in [-0.3, -0.25) is 10.1 Å². The largest absolute Gasteiger partial charge is 0.367 e. The number of rotatable bonds is 2. The summed E-state index contributed by atoms with van der Waals surface area (Å²) in [6.45, 7) is 3.99. The maximum absolute atomic E-state index is 6.28. The summed E-state index contributed by atoms with van der Waals surface area (Å²) >= 11 is 6.28. The highest BCUT2D eigenvalue weighted by atomic mass is 35.5. The zero-order chi connectivity index (χ0) is 15.1. The zero-order valence-corrected chi connectivity index (χ0v) is 12.9. The number of nitrogens with zero attached hydrogens (tertiary/aromatic N) is 3. The molecular weight excluding hydrogens is 296 g/mol. The second-order valence-electron chi connectivity index (χ2n) is 5.37. The molecule has 5 heteroatoms. The predicted octanol–water partition coefficient (Wildman–Crippen LogP) is 4.13. The second-order valence-corrected chi connectivity index (χ2v) is 5.78. The third-order valence-corrected chi connectivity index (χ3v) is 4.45. The van der Waals surface area contributed by atoms with Crippen LogP contribution in [0, 0.1) is 0 Å². The van der Waals surface area contributed by atoms with E-state index >= 15 is 0 Å². The van der Waals surface area contributed by atoms with Crippen LogP contribution in [0.5, 0.6) is 0 Å². The van der Waals surface area contributed by atoms with Crippen molar-refractivity contribution in [3.8, 4) is 22.4 Å².